The first-order valence-electron chi connectivity index (χ1n) is 6.00. The molecule has 17 heavy (non-hydrogen) atoms. The molecule has 1 aromatic carbocycles. The molecule has 0 unspecified atom stereocenters. The van der Waals surface area contributed by atoms with E-state index in [1.807, 2.05) is 6.07 Å². The van der Waals surface area contributed by atoms with Gasteiger partial charge in [-0.1, -0.05) is 26.0 Å². The fraction of sp³-hybridized carbons (Fsp3) is 0.538. The highest BCUT2D eigenvalue weighted by molar-refractivity contribution is 5.38. The van der Waals surface area contributed by atoms with E-state index in [1.165, 1.54) is 11.1 Å². The lowest BCUT2D eigenvalue weighted by atomic mass is 9.99. The van der Waals surface area contributed by atoms with E-state index in [0.717, 1.165) is 18.7 Å². The van der Waals surface area contributed by atoms with Crippen molar-refractivity contribution in [1.82, 2.24) is 10.7 Å². The average molecular weight is 237 g/mol. The molecular formula is C13H23N3O. The zero-order valence-corrected chi connectivity index (χ0v) is 10.9. The van der Waals surface area contributed by atoms with E-state index >= 15 is 0 Å². The second kappa shape index (κ2) is 7.27. The molecule has 0 aliphatic heterocycles. The number of ether oxygens (including phenoxy) is 1. The molecule has 0 radical (unpaired) electrons. The molecule has 0 fully saturated rings. The Balaban J connectivity index is 2.69. The van der Waals surface area contributed by atoms with E-state index in [0.29, 0.717) is 12.6 Å². The minimum absolute atomic E-state index is 0.540. The Hall–Kier alpha value is -1.10. The van der Waals surface area contributed by atoms with Gasteiger partial charge in [-0.2, -0.15) is 0 Å². The molecular weight excluding hydrogens is 214 g/mol. The number of hydrogen-bond acceptors (Lipinski definition) is 4. The standard InChI is InChI=1S/C13H23N3O/c1-10(2)11-4-5-13(17-3)12(8-11)6-7-15-9-16-14/h4-5,8,10,15-16H,6-7,9,14H2,1-3H3. The average Bonchev–Trinajstić information content (AvgIpc) is 2.34. The van der Waals surface area contributed by atoms with E-state index in [9.17, 15) is 0 Å². The molecule has 1 rings (SSSR count). The maximum absolute atomic E-state index is 5.37. The predicted molar refractivity (Wildman–Crippen MR) is 71.0 cm³/mol. The molecule has 0 saturated heterocycles. The number of hydrogen-bond donors (Lipinski definition) is 3. The molecule has 0 aromatic heterocycles. The van der Waals surface area contributed by atoms with E-state index in [4.69, 9.17) is 10.6 Å². The van der Waals surface area contributed by atoms with Crippen LogP contribution in [0.2, 0.25) is 0 Å². The normalized spacial score (nSPS) is 10.9. The molecule has 0 bridgehead atoms. The monoisotopic (exact) mass is 237 g/mol. The second-order valence-electron chi connectivity index (χ2n) is 4.36. The van der Waals surface area contributed by atoms with Crippen LogP contribution in [-0.2, 0) is 6.42 Å². The first-order chi connectivity index (χ1) is 8.19. The molecule has 0 spiro atoms. The van der Waals surface area contributed by atoms with E-state index < -0.39 is 0 Å². The summed E-state index contributed by atoms with van der Waals surface area (Å²) in [7, 11) is 1.71. The fourth-order valence-corrected chi connectivity index (χ4v) is 1.74. The van der Waals surface area contributed by atoms with Gasteiger partial charge in [-0.05, 0) is 29.5 Å². The van der Waals surface area contributed by atoms with Gasteiger partial charge < -0.3 is 10.1 Å². The highest BCUT2D eigenvalue weighted by atomic mass is 16.5. The molecule has 4 N–H and O–H groups in total. The van der Waals surface area contributed by atoms with Crippen LogP contribution in [0.15, 0.2) is 18.2 Å². The van der Waals surface area contributed by atoms with Gasteiger partial charge in [-0.25, -0.2) is 5.43 Å². The Labute approximate surface area is 104 Å². The number of rotatable bonds is 7. The van der Waals surface area contributed by atoms with Gasteiger partial charge in [0, 0.05) is 6.54 Å². The topological polar surface area (TPSA) is 59.3 Å². The maximum Gasteiger partial charge on any atom is 0.122 e. The van der Waals surface area contributed by atoms with Gasteiger partial charge in [-0.15, -0.1) is 0 Å². The summed E-state index contributed by atoms with van der Waals surface area (Å²) in [4.78, 5) is 0. The van der Waals surface area contributed by atoms with Gasteiger partial charge in [0.25, 0.3) is 0 Å². The minimum Gasteiger partial charge on any atom is -0.496 e. The number of methoxy groups -OCH3 is 1. The van der Waals surface area contributed by atoms with Crippen molar-refractivity contribution in [2.45, 2.75) is 26.2 Å². The summed E-state index contributed by atoms with van der Waals surface area (Å²) in [6, 6.07) is 6.40. The molecule has 96 valence electrons. The van der Waals surface area contributed by atoms with Crippen molar-refractivity contribution in [3.63, 3.8) is 0 Å². The third-order valence-electron chi connectivity index (χ3n) is 2.77. The lowest BCUT2D eigenvalue weighted by Gasteiger charge is -2.13. The Morgan fingerprint density at radius 1 is 1.35 bits per heavy atom. The summed E-state index contributed by atoms with van der Waals surface area (Å²) < 4.78 is 5.37. The van der Waals surface area contributed by atoms with E-state index in [1.54, 1.807) is 7.11 Å². The van der Waals surface area contributed by atoms with Crippen molar-refractivity contribution < 1.29 is 4.74 Å². The van der Waals surface area contributed by atoms with Gasteiger partial charge in [0.2, 0.25) is 0 Å². The molecule has 0 aliphatic carbocycles. The van der Waals surface area contributed by atoms with E-state index in [-0.39, 0.29) is 0 Å². The van der Waals surface area contributed by atoms with Crippen LogP contribution in [-0.4, -0.2) is 20.3 Å². The van der Waals surface area contributed by atoms with Crippen molar-refractivity contribution in [3.8, 4) is 5.75 Å². The summed E-state index contributed by atoms with van der Waals surface area (Å²) in [6.07, 6.45) is 0.936. The molecule has 0 saturated carbocycles. The molecule has 0 heterocycles. The first kappa shape index (κ1) is 14.0. The Bertz CT molecular complexity index is 339. The van der Waals surface area contributed by atoms with Crippen molar-refractivity contribution in [3.05, 3.63) is 29.3 Å². The number of hydrazine groups is 1. The van der Waals surface area contributed by atoms with Crippen molar-refractivity contribution >= 4 is 0 Å². The molecule has 4 heteroatoms. The van der Waals surface area contributed by atoms with Crippen LogP contribution in [0.4, 0.5) is 0 Å². The van der Waals surface area contributed by atoms with E-state index in [2.05, 4.69) is 36.7 Å². The zero-order valence-electron chi connectivity index (χ0n) is 10.9. The Morgan fingerprint density at radius 2 is 2.12 bits per heavy atom. The van der Waals surface area contributed by atoms with Crippen LogP contribution in [0.25, 0.3) is 0 Å². The summed E-state index contributed by atoms with van der Waals surface area (Å²) in [5.41, 5.74) is 5.15. The highest BCUT2D eigenvalue weighted by Crippen LogP contribution is 2.24. The molecule has 4 nitrogen and oxygen atoms in total. The van der Waals surface area contributed by atoms with Crippen LogP contribution in [0.1, 0.15) is 30.9 Å². The number of benzene rings is 1. The van der Waals surface area contributed by atoms with Crippen LogP contribution in [0.3, 0.4) is 0 Å². The van der Waals surface area contributed by atoms with Crippen LogP contribution in [0, 0.1) is 0 Å². The van der Waals surface area contributed by atoms with Gasteiger partial charge in [0.05, 0.1) is 13.8 Å². The molecule has 0 atom stereocenters. The highest BCUT2D eigenvalue weighted by Gasteiger charge is 2.06. The number of nitrogens with one attached hydrogen (secondary N) is 2. The molecule has 0 amide bonds. The third kappa shape index (κ3) is 4.34. The van der Waals surface area contributed by atoms with Crippen molar-refractivity contribution in [1.29, 1.82) is 0 Å². The Kier molecular flexibility index (Phi) is 5.97. The zero-order chi connectivity index (χ0) is 12.7. The number of nitrogens with two attached hydrogens (primary N) is 1. The fourth-order valence-electron chi connectivity index (χ4n) is 1.74. The van der Waals surface area contributed by atoms with Crippen molar-refractivity contribution in [2.75, 3.05) is 20.3 Å². The summed E-state index contributed by atoms with van der Waals surface area (Å²) >= 11 is 0. The van der Waals surface area contributed by atoms with Gasteiger partial charge in [0.15, 0.2) is 0 Å². The largest absolute Gasteiger partial charge is 0.496 e. The van der Waals surface area contributed by atoms with Crippen LogP contribution in [0.5, 0.6) is 5.75 Å². The van der Waals surface area contributed by atoms with Gasteiger partial charge in [-0.3, -0.25) is 5.84 Å². The Morgan fingerprint density at radius 3 is 2.71 bits per heavy atom. The van der Waals surface area contributed by atoms with Crippen LogP contribution < -0.4 is 21.3 Å². The molecule has 1 aromatic rings. The quantitative estimate of drug-likeness (QED) is 0.290. The SMILES string of the molecule is COc1ccc(C(C)C)cc1CCNCNN. The van der Waals surface area contributed by atoms with Crippen LogP contribution >= 0.6 is 0 Å². The third-order valence-corrected chi connectivity index (χ3v) is 2.77. The minimum atomic E-state index is 0.540. The lowest BCUT2D eigenvalue weighted by molar-refractivity contribution is 0.408. The summed E-state index contributed by atoms with van der Waals surface area (Å²) in [5, 5.41) is 3.19. The van der Waals surface area contributed by atoms with Gasteiger partial charge >= 0.3 is 0 Å². The van der Waals surface area contributed by atoms with Gasteiger partial charge in [0.1, 0.15) is 5.75 Å². The predicted octanol–water partition coefficient (Wildman–Crippen LogP) is 1.37. The summed E-state index contributed by atoms with van der Waals surface area (Å²) in [5.74, 6) is 6.69. The first-order valence-corrected chi connectivity index (χ1v) is 6.00. The molecule has 0 aliphatic rings. The second-order valence-corrected chi connectivity index (χ2v) is 4.36. The smallest absolute Gasteiger partial charge is 0.122 e. The van der Waals surface area contributed by atoms with Crippen molar-refractivity contribution in [2.24, 2.45) is 5.84 Å². The maximum atomic E-state index is 5.37. The summed E-state index contributed by atoms with van der Waals surface area (Å²) in [6.45, 7) is 5.89. The lowest BCUT2D eigenvalue weighted by Crippen LogP contribution is -2.34.